The smallest absolute Gasteiger partial charge is 0.205 e. The highest BCUT2D eigenvalue weighted by Crippen LogP contribution is 2.21. The van der Waals surface area contributed by atoms with Crippen molar-refractivity contribution in [3.8, 4) is 11.3 Å². The lowest BCUT2D eigenvalue weighted by Crippen LogP contribution is -2.12. The fraction of sp³-hybridized carbons (Fsp3) is 0.158. The normalized spacial score (nSPS) is 13.5. The van der Waals surface area contributed by atoms with Crippen LogP contribution in [-0.2, 0) is 0 Å². The largest absolute Gasteiger partial charge is 0.261 e. The summed E-state index contributed by atoms with van der Waals surface area (Å²) in [5, 5.41) is 6.61. The molecule has 1 aromatic heterocycles. The van der Waals surface area contributed by atoms with E-state index >= 15 is 0 Å². The summed E-state index contributed by atoms with van der Waals surface area (Å²) in [4.78, 5) is 5.08. The molecule has 0 fully saturated rings. The Labute approximate surface area is 144 Å². The quantitative estimate of drug-likeness (QED) is 0.626. The summed E-state index contributed by atoms with van der Waals surface area (Å²) in [6, 6.07) is 16.6. The van der Waals surface area contributed by atoms with E-state index in [-0.39, 0.29) is 11.7 Å². The van der Waals surface area contributed by atoms with Crippen molar-refractivity contribution in [2.24, 2.45) is 10.1 Å². The SMILES string of the molecule is CN=c1scc(-c2ccc(F)cc2)n1N=CC(C)c1ccccc1. The molecule has 0 spiro atoms. The Kier molecular flexibility index (Phi) is 5.01. The number of hydrogen-bond donors (Lipinski definition) is 0. The van der Waals surface area contributed by atoms with Crippen LogP contribution in [0.5, 0.6) is 0 Å². The number of benzene rings is 2. The van der Waals surface area contributed by atoms with Gasteiger partial charge in [0, 0.05) is 30.1 Å². The van der Waals surface area contributed by atoms with Crippen molar-refractivity contribution in [3.05, 3.63) is 76.2 Å². The topological polar surface area (TPSA) is 29.6 Å². The van der Waals surface area contributed by atoms with Gasteiger partial charge in [0.05, 0.1) is 5.69 Å². The van der Waals surface area contributed by atoms with Crippen molar-refractivity contribution in [1.29, 1.82) is 0 Å². The molecule has 0 saturated carbocycles. The maximum atomic E-state index is 13.2. The van der Waals surface area contributed by atoms with Crippen molar-refractivity contribution in [2.45, 2.75) is 12.8 Å². The highest BCUT2D eigenvalue weighted by Gasteiger charge is 2.08. The predicted octanol–water partition coefficient (Wildman–Crippen LogP) is 4.52. The third-order valence-electron chi connectivity index (χ3n) is 3.75. The van der Waals surface area contributed by atoms with Gasteiger partial charge in [-0.1, -0.05) is 37.3 Å². The molecule has 3 rings (SSSR count). The monoisotopic (exact) mass is 339 g/mol. The van der Waals surface area contributed by atoms with E-state index in [1.165, 1.54) is 29.0 Å². The van der Waals surface area contributed by atoms with Gasteiger partial charge in [-0.15, -0.1) is 11.3 Å². The third-order valence-corrected chi connectivity index (χ3v) is 4.66. The summed E-state index contributed by atoms with van der Waals surface area (Å²) in [5.41, 5.74) is 3.01. The lowest BCUT2D eigenvalue weighted by molar-refractivity contribution is 0.628. The first-order chi connectivity index (χ1) is 11.7. The molecule has 24 heavy (non-hydrogen) atoms. The van der Waals surface area contributed by atoms with Crippen LogP contribution in [0.25, 0.3) is 11.3 Å². The predicted molar refractivity (Wildman–Crippen MR) is 97.9 cm³/mol. The van der Waals surface area contributed by atoms with Crippen LogP contribution < -0.4 is 4.80 Å². The highest BCUT2D eigenvalue weighted by molar-refractivity contribution is 7.07. The zero-order valence-corrected chi connectivity index (χ0v) is 14.4. The number of aromatic nitrogens is 1. The molecule has 0 radical (unpaired) electrons. The first-order valence-electron chi connectivity index (χ1n) is 7.68. The third kappa shape index (κ3) is 3.51. The molecule has 122 valence electrons. The number of rotatable bonds is 4. The molecule has 0 N–H and O–H groups in total. The summed E-state index contributed by atoms with van der Waals surface area (Å²) in [5.74, 6) is -0.0634. The van der Waals surface area contributed by atoms with Crippen molar-refractivity contribution in [2.75, 3.05) is 7.05 Å². The number of thiazole rings is 1. The number of nitrogens with zero attached hydrogens (tertiary/aromatic N) is 3. The van der Waals surface area contributed by atoms with Gasteiger partial charge in [0.2, 0.25) is 4.80 Å². The van der Waals surface area contributed by atoms with Gasteiger partial charge in [-0.05, 0) is 29.8 Å². The van der Waals surface area contributed by atoms with Gasteiger partial charge >= 0.3 is 0 Å². The van der Waals surface area contributed by atoms with E-state index in [0.717, 1.165) is 16.1 Å². The first kappa shape index (κ1) is 16.3. The van der Waals surface area contributed by atoms with Crippen LogP contribution >= 0.6 is 11.3 Å². The molecule has 0 saturated heterocycles. The molecule has 3 aromatic rings. The standard InChI is InChI=1S/C19H18FN3S/c1-14(15-6-4-3-5-7-15)12-22-23-18(13-24-19(23)21-2)16-8-10-17(20)11-9-16/h3-14H,1-2H3. The Bertz CT molecular complexity index is 892. The van der Waals surface area contributed by atoms with Crippen LogP contribution in [0.15, 0.2) is 70.1 Å². The molecule has 0 aliphatic carbocycles. The minimum Gasteiger partial charge on any atom is -0.261 e. The second kappa shape index (κ2) is 7.36. The number of halogens is 1. The molecule has 5 heteroatoms. The van der Waals surface area contributed by atoms with Crippen molar-refractivity contribution >= 4 is 17.6 Å². The Morgan fingerprint density at radius 1 is 1.08 bits per heavy atom. The maximum Gasteiger partial charge on any atom is 0.205 e. The van der Waals surface area contributed by atoms with Crippen molar-refractivity contribution < 1.29 is 4.39 Å². The molecule has 0 aliphatic rings. The molecule has 1 heterocycles. The molecular formula is C19H18FN3S. The minimum absolute atomic E-state index is 0.185. The molecular weight excluding hydrogens is 321 g/mol. The van der Waals surface area contributed by atoms with Crippen LogP contribution in [0.1, 0.15) is 18.4 Å². The van der Waals surface area contributed by atoms with E-state index in [1.54, 1.807) is 23.9 Å². The lowest BCUT2D eigenvalue weighted by atomic mass is 10.0. The molecule has 0 amide bonds. The fourth-order valence-corrected chi connectivity index (χ4v) is 3.19. The van der Waals surface area contributed by atoms with Gasteiger partial charge in [-0.25, -0.2) is 9.07 Å². The van der Waals surface area contributed by atoms with Gasteiger partial charge in [-0.2, -0.15) is 5.10 Å². The zero-order valence-electron chi connectivity index (χ0n) is 13.6. The Hall–Kier alpha value is -2.53. The summed E-state index contributed by atoms with van der Waals surface area (Å²) in [7, 11) is 1.74. The molecule has 2 aromatic carbocycles. The minimum atomic E-state index is -0.248. The fourth-order valence-electron chi connectivity index (χ4n) is 2.39. The average Bonchev–Trinajstić information content (AvgIpc) is 3.04. The maximum absolute atomic E-state index is 13.2. The summed E-state index contributed by atoms with van der Waals surface area (Å²) < 4.78 is 15.0. The van der Waals surface area contributed by atoms with Crippen LogP contribution in [0.3, 0.4) is 0 Å². The lowest BCUT2D eigenvalue weighted by Gasteiger charge is -2.07. The van der Waals surface area contributed by atoms with E-state index in [1.807, 2.05) is 29.8 Å². The summed E-state index contributed by atoms with van der Waals surface area (Å²) in [6.07, 6.45) is 1.91. The van der Waals surface area contributed by atoms with Gasteiger partial charge < -0.3 is 0 Å². The zero-order chi connectivity index (χ0) is 16.9. The first-order valence-corrected chi connectivity index (χ1v) is 8.55. The second-order valence-electron chi connectivity index (χ2n) is 5.41. The molecule has 0 bridgehead atoms. The van der Waals surface area contributed by atoms with Crippen LogP contribution in [0, 0.1) is 5.82 Å². The van der Waals surface area contributed by atoms with E-state index in [0.29, 0.717) is 0 Å². The molecule has 3 nitrogen and oxygen atoms in total. The molecule has 1 atom stereocenters. The van der Waals surface area contributed by atoms with Gasteiger partial charge in [0.1, 0.15) is 5.82 Å². The Balaban J connectivity index is 1.97. The van der Waals surface area contributed by atoms with E-state index < -0.39 is 0 Å². The van der Waals surface area contributed by atoms with E-state index in [2.05, 4.69) is 29.2 Å². The summed E-state index contributed by atoms with van der Waals surface area (Å²) >= 11 is 1.51. The van der Waals surface area contributed by atoms with Gasteiger partial charge in [0.25, 0.3) is 0 Å². The molecule has 1 unspecified atom stereocenters. The second-order valence-corrected chi connectivity index (χ2v) is 6.25. The Morgan fingerprint density at radius 3 is 2.46 bits per heavy atom. The van der Waals surface area contributed by atoms with E-state index in [4.69, 9.17) is 0 Å². The molecule has 0 aliphatic heterocycles. The highest BCUT2D eigenvalue weighted by atomic mass is 32.1. The van der Waals surface area contributed by atoms with Crippen molar-refractivity contribution in [1.82, 2.24) is 4.68 Å². The van der Waals surface area contributed by atoms with Crippen LogP contribution in [0.2, 0.25) is 0 Å². The van der Waals surface area contributed by atoms with E-state index in [9.17, 15) is 4.39 Å². The van der Waals surface area contributed by atoms with Crippen LogP contribution in [0.4, 0.5) is 4.39 Å². The van der Waals surface area contributed by atoms with Gasteiger partial charge in [0.15, 0.2) is 0 Å². The van der Waals surface area contributed by atoms with Crippen molar-refractivity contribution in [3.63, 3.8) is 0 Å². The van der Waals surface area contributed by atoms with Gasteiger partial charge in [-0.3, -0.25) is 4.99 Å². The number of hydrogen-bond acceptors (Lipinski definition) is 3. The summed E-state index contributed by atoms with van der Waals surface area (Å²) in [6.45, 7) is 2.10. The average molecular weight is 339 g/mol. The van der Waals surface area contributed by atoms with Crippen LogP contribution in [-0.4, -0.2) is 17.9 Å². The Morgan fingerprint density at radius 2 is 1.79 bits per heavy atom.